The number of thiophene rings is 1. The van der Waals surface area contributed by atoms with Crippen LogP contribution in [-0.2, 0) is 17.9 Å². The fourth-order valence-electron chi connectivity index (χ4n) is 2.97. The maximum atomic E-state index is 13.4. The topological polar surface area (TPSA) is 62.6 Å². The SMILES string of the molecule is CC(C)C(NC(=O)c1ccccc1Cl)C(=O)N(Cc1ccco1)Cc1cccs1. The number of carbonyl (C=O) groups is 2. The van der Waals surface area contributed by atoms with Crippen LogP contribution in [-0.4, -0.2) is 22.8 Å². The van der Waals surface area contributed by atoms with Crippen LogP contribution in [0.4, 0.5) is 0 Å². The second-order valence-corrected chi connectivity index (χ2v) is 8.47. The Morgan fingerprint density at radius 1 is 1.10 bits per heavy atom. The first-order chi connectivity index (χ1) is 14.0. The molecule has 1 aromatic carbocycles. The molecule has 0 aliphatic heterocycles. The standard InChI is InChI=1S/C22H23ClN2O3S/c1-15(2)20(24-21(26)18-9-3-4-10-19(18)23)22(27)25(13-16-7-5-11-28-16)14-17-8-6-12-29-17/h3-12,15,20H,13-14H2,1-2H3,(H,24,26). The molecule has 3 aromatic rings. The predicted molar refractivity (Wildman–Crippen MR) is 115 cm³/mol. The third-order valence-electron chi connectivity index (χ3n) is 4.50. The first-order valence-electron chi connectivity index (χ1n) is 9.34. The van der Waals surface area contributed by atoms with Crippen molar-refractivity contribution in [2.45, 2.75) is 33.0 Å². The fraction of sp³-hybridized carbons (Fsp3) is 0.273. The van der Waals surface area contributed by atoms with Gasteiger partial charge < -0.3 is 14.6 Å². The Hall–Kier alpha value is -2.57. The van der Waals surface area contributed by atoms with E-state index < -0.39 is 6.04 Å². The summed E-state index contributed by atoms with van der Waals surface area (Å²) in [5.74, 6) is 0.0631. The lowest BCUT2D eigenvalue weighted by atomic mass is 10.0. The Labute approximate surface area is 179 Å². The van der Waals surface area contributed by atoms with Gasteiger partial charge in [-0.25, -0.2) is 0 Å². The number of carbonyl (C=O) groups excluding carboxylic acids is 2. The van der Waals surface area contributed by atoms with E-state index in [0.717, 1.165) is 4.88 Å². The molecule has 0 aliphatic rings. The highest BCUT2D eigenvalue weighted by Crippen LogP contribution is 2.19. The lowest BCUT2D eigenvalue weighted by Gasteiger charge is -2.29. The van der Waals surface area contributed by atoms with Gasteiger partial charge in [-0.15, -0.1) is 11.3 Å². The van der Waals surface area contributed by atoms with E-state index in [1.807, 2.05) is 37.4 Å². The number of furan rings is 1. The van der Waals surface area contributed by atoms with Crippen molar-refractivity contribution in [3.8, 4) is 0 Å². The van der Waals surface area contributed by atoms with E-state index >= 15 is 0 Å². The number of rotatable bonds is 8. The number of benzene rings is 1. The van der Waals surface area contributed by atoms with Crippen LogP contribution in [0.2, 0.25) is 5.02 Å². The molecule has 2 amide bonds. The van der Waals surface area contributed by atoms with E-state index in [-0.39, 0.29) is 17.7 Å². The van der Waals surface area contributed by atoms with Crippen molar-refractivity contribution in [1.82, 2.24) is 10.2 Å². The molecule has 0 bridgehead atoms. The van der Waals surface area contributed by atoms with E-state index in [1.54, 1.807) is 52.8 Å². The summed E-state index contributed by atoms with van der Waals surface area (Å²) in [4.78, 5) is 29.0. The molecule has 0 spiro atoms. The maximum absolute atomic E-state index is 13.4. The molecule has 3 rings (SSSR count). The summed E-state index contributed by atoms with van der Waals surface area (Å²) in [5, 5.41) is 5.20. The Kier molecular flexibility index (Phi) is 7.12. The van der Waals surface area contributed by atoms with E-state index in [1.165, 1.54) is 0 Å². The summed E-state index contributed by atoms with van der Waals surface area (Å²) in [5.41, 5.74) is 0.350. The van der Waals surface area contributed by atoms with Crippen LogP contribution in [0, 0.1) is 5.92 Å². The van der Waals surface area contributed by atoms with Crippen LogP contribution in [0.25, 0.3) is 0 Å². The van der Waals surface area contributed by atoms with Crippen molar-refractivity contribution in [3.05, 3.63) is 81.4 Å². The van der Waals surface area contributed by atoms with E-state index in [2.05, 4.69) is 5.32 Å². The first kappa shape index (κ1) is 21.1. The molecule has 152 valence electrons. The van der Waals surface area contributed by atoms with Crippen molar-refractivity contribution < 1.29 is 14.0 Å². The number of nitrogens with one attached hydrogen (secondary N) is 1. The van der Waals surface area contributed by atoms with Gasteiger partial charge >= 0.3 is 0 Å². The van der Waals surface area contributed by atoms with Gasteiger partial charge in [0.25, 0.3) is 5.91 Å². The third kappa shape index (κ3) is 5.49. The van der Waals surface area contributed by atoms with Crippen LogP contribution >= 0.6 is 22.9 Å². The van der Waals surface area contributed by atoms with Gasteiger partial charge in [-0.2, -0.15) is 0 Å². The Morgan fingerprint density at radius 2 is 1.90 bits per heavy atom. The van der Waals surface area contributed by atoms with Gasteiger partial charge in [-0.05, 0) is 41.6 Å². The summed E-state index contributed by atoms with van der Waals surface area (Å²) < 4.78 is 5.44. The maximum Gasteiger partial charge on any atom is 0.253 e. The quantitative estimate of drug-likeness (QED) is 0.548. The van der Waals surface area contributed by atoms with Gasteiger partial charge in [-0.3, -0.25) is 9.59 Å². The summed E-state index contributed by atoms with van der Waals surface area (Å²) in [6.07, 6.45) is 1.59. The summed E-state index contributed by atoms with van der Waals surface area (Å²) in [6, 6.07) is 13.7. The van der Waals surface area contributed by atoms with Crippen LogP contribution in [0.5, 0.6) is 0 Å². The predicted octanol–water partition coefficient (Wildman–Crippen LogP) is 4.98. The van der Waals surface area contributed by atoms with Crippen molar-refractivity contribution in [3.63, 3.8) is 0 Å². The second kappa shape index (κ2) is 9.76. The van der Waals surface area contributed by atoms with Crippen LogP contribution < -0.4 is 5.32 Å². The lowest BCUT2D eigenvalue weighted by molar-refractivity contribution is -0.135. The van der Waals surface area contributed by atoms with Gasteiger partial charge in [-0.1, -0.05) is 43.6 Å². The van der Waals surface area contributed by atoms with Gasteiger partial charge in [0.1, 0.15) is 11.8 Å². The average Bonchev–Trinajstić information content (AvgIpc) is 3.39. The molecule has 0 saturated carbocycles. The highest BCUT2D eigenvalue weighted by Gasteiger charge is 2.30. The average molecular weight is 431 g/mol. The van der Waals surface area contributed by atoms with Gasteiger partial charge in [0.05, 0.1) is 29.9 Å². The molecule has 0 radical (unpaired) electrons. The Morgan fingerprint density at radius 3 is 2.52 bits per heavy atom. The lowest BCUT2D eigenvalue weighted by Crippen LogP contribution is -2.50. The zero-order chi connectivity index (χ0) is 20.8. The van der Waals surface area contributed by atoms with Crippen molar-refractivity contribution in [1.29, 1.82) is 0 Å². The molecular weight excluding hydrogens is 408 g/mol. The Bertz CT molecular complexity index is 903. The normalized spacial score (nSPS) is 12.0. The number of hydrogen-bond acceptors (Lipinski definition) is 4. The largest absolute Gasteiger partial charge is 0.467 e. The van der Waals surface area contributed by atoms with Crippen molar-refractivity contribution in [2.75, 3.05) is 0 Å². The minimum Gasteiger partial charge on any atom is -0.467 e. The minimum absolute atomic E-state index is 0.101. The molecule has 0 saturated heterocycles. The number of halogens is 1. The smallest absolute Gasteiger partial charge is 0.253 e. The molecule has 0 fully saturated rings. The summed E-state index contributed by atoms with van der Waals surface area (Å²) in [6.45, 7) is 4.59. The van der Waals surface area contributed by atoms with Crippen molar-refractivity contribution in [2.24, 2.45) is 5.92 Å². The van der Waals surface area contributed by atoms with E-state index in [9.17, 15) is 9.59 Å². The van der Waals surface area contributed by atoms with Crippen LogP contribution in [0.15, 0.2) is 64.6 Å². The molecule has 2 heterocycles. The van der Waals surface area contributed by atoms with Crippen LogP contribution in [0.3, 0.4) is 0 Å². The van der Waals surface area contributed by atoms with Crippen LogP contribution in [0.1, 0.15) is 34.8 Å². The highest BCUT2D eigenvalue weighted by molar-refractivity contribution is 7.09. The molecule has 1 N–H and O–H groups in total. The summed E-state index contributed by atoms with van der Waals surface area (Å²) >= 11 is 7.73. The van der Waals surface area contributed by atoms with Gasteiger partial charge in [0.2, 0.25) is 5.91 Å². The number of nitrogens with zero attached hydrogens (tertiary/aromatic N) is 1. The molecule has 5 nitrogen and oxygen atoms in total. The van der Waals surface area contributed by atoms with E-state index in [0.29, 0.717) is 29.4 Å². The monoisotopic (exact) mass is 430 g/mol. The molecule has 2 aromatic heterocycles. The molecule has 1 atom stereocenters. The summed E-state index contributed by atoms with van der Waals surface area (Å²) in [7, 11) is 0. The zero-order valence-corrected chi connectivity index (χ0v) is 17.9. The van der Waals surface area contributed by atoms with Gasteiger partial charge in [0, 0.05) is 4.88 Å². The Balaban J connectivity index is 1.81. The molecule has 0 aliphatic carbocycles. The molecule has 7 heteroatoms. The minimum atomic E-state index is -0.686. The second-order valence-electron chi connectivity index (χ2n) is 7.03. The first-order valence-corrected chi connectivity index (χ1v) is 10.6. The molecular formula is C22H23ClN2O3S. The molecule has 1 unspecified atom stereocenters. The zero-order valence-electron chi connectivity index (χ0n) is 16.3. The van der Waals surface area contributed by atoms with E-state index in [4.69, 9.17) is 16.0 Å². The number of hydrogen-bond donors (Lipinski definition) is 1. The molecule has 29 heavy (non-hydrogen) atoms. The fourth-order valence-corrected chi connectivity index (χ4v) is 3.91. The highest BCUT2D eigenvalue weighted by atomic mass is 35.5. The van der Waals surface area contributed by atoms with Crippen molar-refractivity contribution >= 4 is 34.8 Å². The number of amides is 2. The van der Waals surface area contributed by atoms with Gasteiger partial charge in [0.15, 0.2) is 0 Å². The third-order valence-corrected chi connectivity index (χ3v) is 5.69.